The summed E-state index contributed by atoms with van der Waals surface area (Å²) in [5.74, 6) is 0. The van der Waals surface area contributed by atoms with E-state index in [0.717, 1.165) is 0 Å². The topological polar surface area (TPSA) is 294 Å². The zero-order chi connectivity index (χ0) is 16.7. The van der Waals surface area contributed by atoms with Gasteiger partial charge in [0.25, 0.3) is 0 Å². The van der Waals surface area contributed by atoms with E-state index in [-0.39, 0.29) is 69.7 Å². The maximum absolute atomic E-state index is 9.55. The molecule has 0 aromatic carbocycles. The first-order valence-corrected chi connectivity index (χ1v) is 9.02. The van der Waals surface area contributed by atoms with Crippen molar-refractivity contribution in [2.24, 2.45) is 0 Å². The molecule has 0 heterocycles. The normalized spacial score (nSPS) is 11.0. The van der Waals surface area contributed by atoms with Crippen LogP contribution in [0.4, 0.5) is 0 Å². The molecule has 0 bridgehead atoms. The fraction of sp³-hybridized carbons (Fsp3) is 0. The summed E-state index contributed by atoms with van der Waals surface area (Å²) in [6.45, 7) is 0. The van der Waals surface area contributed by atoms with Crippen LogP contribution in [0, 0.1) is 0 Å². The van der Waals surface area contributed by atoms with E-state index >= 15 is 0 Å². The fourth-order valence-corrected chi connectivity index (χ4v) is 1.17. The van der Waals surface area contributed by atoms with E-state index in [2.05, 4.69) is 4.31 Å². The van der Waals surface area contributed by atoms with Gasteiger partial charge in [0, 0.05) is 0 Å². The van der Waals surface area contributed by atoms with Gasteiger partial charge in [-0.3, -0.25) is 4.31 Å². The zero-order valence-electron chi connectivity index (χ0n) is 10.2. The minimum atomic E-state index is -5.55. The van der Waals surface area contributed by atoms with Crippen LogP contribution in [-0.2, 0) is 39.6 Å². The summed E-state index contributed by atoms with van der Waals surface area (Å²) in [6, 6.07) is 0. The molecule has 0 atom stereocenters. The monoisotopic (exact) mass is 472 g/mol. The third kappa shape index (κ3) is 140. The van der Waals surface area contributed by atoms with E-state index in [4.69, 9.17) is 48.3 Å². The molecule has 0 fully saturated rings. The van der Waals surface area contributed by atoms with Gasteiger partial charge in [-0.2, -0.15) is 7.82 Å². The van der Waals surface area contributed by atoms with Gasteiger partial charge in [0.15, 0.2) is 0 Å². The molecule has 126 valence electrons. The third-order valence-electron chi connectivity index (χ3n) is 0.206. The van der Waals surface area contributed by atoms with Crippen LogP contribution in [0.2, 0.25) is 0 Å². The average molecular weight is 472 g/mol. The summed E-state index contributed by atoms with van der Waals surface area (Å²) in [4.78, 5) is 81.4. The molecule has 0 aliphatic carbocycles. The van der Waals surface area contributed by atoms with Gasteiger partial charge in [-0.15, -0.1) is 0 Å². The van der Waals surface area contributed by atoms with Crippen molar-refractivity contribution in [3.63, 3.8) is 0 Å². The van der Waals surface area contributed by atoms with Crippen LogP contribution >= 0.6 is 31.3 Å². The van der Waals surface area contributed by atoms with Crippen LogP contribution < -0.4 is 54.0 Å². The Hall–Kier alpha value is 2.77. The van der Waals surface area contributed by atoms with Gasteiger partial charge < -0.3 is 58.1 Å². The molecule has 0 aliphatic heterocycles. The molecule has 5 N–H and O–H groups in total. The Labute approximate surface area is 171 Å². The van der Waals surface area contributed by atoms with Crippen molar-refractivity contribution in [2.75, 3.05) is 0 Å². The Morgan fingerprint density at radius 1 is 0.727 bits per heavy atom. The van der Waals surface area contributed by atoms with Gasteiger partial charge >= 0.3 is 85.3 Å². The third-order valence-corrected chi connectivity index (χ3v) is 1.86. The molecule has 0 unspecified atom stereocenters. The number of phosphoric acid groups is 4. The van der Waals surface area contributed by atoms with E-state index < -0.39 is 31.3 Å². The first-order valence-electron chi connectivity index (χ1n) is 3.01. The largest absolute Gasteiger partial charge is 2.00 e. The standard InChI is InChI=1S/Fe.Mg.Na.H4O7P2.2H3O4P/c;;;1-8(2,3)7-9(4,5)6;2*1-5(2,3)4/h;;;(H2,1,2,3)(H2,4,5,6);2*(H3,1,2,3,4)/q2*+2;+1;;;/p-5. The van der Waals surface area contributed by atoms with E-state index in [0.29, 0.717) is 0 Å². The van der Waals surface area contributed by atoms with Crippen LogP contribution in [0.5, 0.6) is 0 Å². The molecule has 0 rings (SSSR count). The molecular formula is H5FeMgNaO15P4. The van der Waals surface area contributed by atoms with E-state index in [1.807, 2.05) is 0 Å². The van der Waals surface area contributed by atoms with Crippen molar-refractivity contribution >= 4 is 54.3 Å². The van der Waals surface area contributed by atoms with E-state index in [1.54, 1.807) is 0 Å². The van der Waals surface area contributed by atoms with Gasteiger partial charge in [-0.25, -0.2) is 9.13 Å². The first kappa shape index (κ1) is 39.7. The van der Waals surface area contributed by atoms with Crippen LogP contribution in [0.3, 0.4) is 0 Å². The second kappa shape index (κ2) is 16.0. The van der Waals surface area contributed by atoms with Crippen molar-refractivity contribution < 1.29 is 118 Å². The predicted octanol–water partition coefficient (Wildman–Crippen LogP) is -9.21. The maximum atomic E-state index is 9.55. The maximum Gasteiger partial charge on any atom is 2.00 e. The minimum Gasteiger partial charge on any atom is -0.822 e. The molecule has 22 heteroatoms. The molecule has 0 aliphatic rings. The molecular weight excluding hydrogens is 467 g/mol. The van der Waals surface area contributed by atoms with Gasteiger partial charge in [0.1, 0.15) is 0 Å². The van der Waals surface area contributed by atoms with Crippen molar-refractivity contribution in [1.29, 1.82) is 0 Å². The molecule has 15 nitrogen and oxygen atoms in total. The Morgan fingerprint density at radius 3 is 0.864 bits per heavy atom. The first-order chi connectivity index (χ1) is 7.71. The Bertz CT molecular complexity index is 366. The summed E-state index contributed by atoms with van der Waals surface area (Å²) in [5, 5.41) is 0. The van der Waals surface area contributed by atoms with Gasteiger partial charge in [0.05, 0.1) is 7.82 Å². The average Bonchev–Trinajstić information content (AvgIpc) is 1.63. The predicted molar refractivity (Wildman–Crippen MR) is 48.4 cm³/mol. The summed E-state index contributed by atoms with van der Waals surface area (Å²) in [7, 11) is -20.8. The summed E-state index contributed by atoms with van der Waals surface area (Å²) < 4.78 is 39.1. The van der Waals surface area contributed by atoms with Crippen molar-refractivity contribution in [2.45, 2.75) is 0 Å². The van der Waals surface area contributed by atoms with Gasteiger partial charge in [0.2, 0.25) is 0 Å². The molecule has 22 heavy (non-hydrogen) atoms. The smallest absolute Gasteiger partial charge is 0.822 e. The number of rotatable bonds is 2. The molecule has 0 aromatic heterocycles. The Balaban J connectivity index is -0.0000000434. The van der Waals surface area contributed by atoms with Crippen LogP contribution in [-0.4, -0.2) is 47.5 Å². The van der Waals surface area contributed by atoms with E-state index in [9.17, 15) is 18.9 Å². The molecule has 0 spiro atoms. The molecule has 0 radical (unpaired) electrons. The van der Waals surface area contributed by atoms with Crippen molar-refractivity contribution in [1.82, 2.24) is 0 Å². The Kier molecular flexibility index (Phi) is 28.8. The van der Waals surface area contributed by atoms with E-state index in [1.165, 1.54) is 0 Å². The van der Waals surface area contributed by atoms with Crippen molar-refractivity contribution in [3.8, 4) is 0 Å². The number of hydrogen-bond donors (Lipinski definition) is 5. The van der Waals surface area contributed by atoms with Gasteiger partial charge in [-0.1, -0.05) is 0 Å². The molecule has 0 saturated carbocycles. The zero-order valence-corrected chi connectivity index (χ0v) is 18.3. The van der Waals surface area contributed by atoms with Gasteiger partial charge in [-0.05, 0) is 0 Å². The number of hydrogen-bond acceptors (Lipinski definition) is 10. The summed E-state index contributed by atoms with van der Waals surface area (Å²) >= 11 is 0. The SMILES string of the molecule is O=P(O)(O)O.O=P([O-])([O-])OP(=O)(O)O.O=P([O-])([O-])[O-].[Fe+2].[Mg+2].[Na+]. The quantitative estimate of drug-likeness (QED) is 0.184. The minimum absolute atomic E-state index is 0. The molecule has 0 saturated heterocycles. The van der Waals surface area contributed by atoms with Crippen LogP contribution in [0.25, 0.3) is 0 Å². The van der Waals surface area contributed by atoms with Crippen LogP contribution in [0.15, 0.2) is 0 Å². The Morgan fingerprint density at radius 2 is 0.864 bits per heavy atom. The second-order valence-electron chi connectivity index (χ2n) is 1.98. The second-order valence-corrected chi connectivity index (χ2v) is 6.43. The summed E-state index contributed by atoms with van der Waals surface area (Å²) in [5.41, 5.74) is 0. The van der Waals surface area contributed by atoms with Crippen LogP contribution in [0.1, 0.15) is 0 Å². The molecule has 0 aromatic rings. The molecule has 0 amide bonds. The fourth-order valence-electron chi connectivity index (χ4n) is 0.130. The summed E-state index contributed by atoms with van der Waals surface area (Å²) in [6.07, 6.45) is 0. The van der Waals surface area contributed by atoms with Crippen molar-refractivity contribution in [3.05, 3.63) is 0 Å².